The van der Waals surface area contributed by atoms with Crippen molar-refractivity contribution in [2.24, 2.45) is 0 Å². The van der Waals surface area contributed by atoms with Crippen LogP contribution >= 0.6 is 0 Å². The van der Waals surface area contributed by atoms with E-state index in [1.165, 1.54) is 6.20 Å². The van der Waals surface area contributed by atoms with E-state index >= 15 is 0 Å². The summed E-state index contributed by atoms with van der Waals surface area (Å²) in [6.45, 7) is 1.75. The maximum absolute atomic E-state index is 12.5. The van der Waals surface area contributed by atoms with Crippen LogP contribution in [0.25, 0.3) is 11.1 Å². The van der Waals surface area contributed by atoms with Crippen LogP contribution in [0.5, 0.6) is 0 Å². The lowest BCUT2D eigenvalue weighted by molar-refractivity contribution is -0.137. The van der Waals surface area contributed by atoms with E-state index in [1.807, 2.05) is 0 Å². The first kappa shape index (κ1) is 11.6. The minimum absolute atomic E-state index is 0.422. The predicted octanol–water partition coefficient (Wildman–Crippen LogP) is 3.47. The molecule has 0 saturated carbocycles. The van der Waals surface area contributed by atoms with Gasteiger partial charge in [-0.15, -0.1) is 0 Å². The van der Waals surface area contributed by atoms with Crippen LogP contribution in [0.15, 0.2) is 36.8 Å². The molecule has 0 aliphatic heterocycles. The summed E-state index contributed by atoms with van der Waals surface area (Å²) < 4.78 is 37.6. The molecule has 2 rings (SSSR count). The molecule has 0 spiro atoms. The van der Waals surface area contributed by atoms with Crippen molar-refractivity contribution < 1.29 is 13.2 Å². The Labute approximate surface area is 96.2 Å². The Morgan fingerprint density at radius 2 is 1.94 bits per heavy atom. The second-order valence-corrected chi connectivity index (χ2v) is 3.60. The number of rotatable bonds is 1. The second-order valence-electron chi connectivity index (χ2n) is 3.60. The fraction of sp³-hybridized carbons (Fsp3) is 0.167. The van der Waals surface area contributed by atoms with Crippen molar-refractivity contribution in [3.63, 3.8) is 0 Å². The molecule has 0 atom stereocenters. The van der Waals surface area contributed by atoms with Gasteiger partial charge in [-0.25, -0.2) is 0 Å². The third kappa shape index (κ3) is 2.43. The monoisotopic (exact) mass is 238 g/mol. The van der Waals surface area contributed by atoms with Gasteiger partial charge in [-0.3, -0.25) is 9.97 Å². The van der Waals surface area contributed by atoms with Crippen LogP contribution in [0.3, 0.4) is 0 Å². The number of hydrogen-bond donors (Lipinski definition) is 0. The molecule has 0 N–H and O–H groups in total. The van der Waals surface area contributed by atoms with Crippen LogP contribution < -0.4 is 0 Å². The van der Waals surface area contributed by atoms with Crippen molar-refractivity contribution >= 4 is 0 Å². The topological polar surface area (TPSA) is 25.8 Å². The third-order valence-corrected chi connectivity index (χ3v) is 2.38. The lowest BCUT2D eigenvalue weighted by atomic mass is 10.1. The van der Waals surface area contributed by atoms with Crippen LogP contribution in [0.2, 0.25) is 0 Å². The van der Waals surface area contributed by atoms with Gasteiger partial charge in [0.15, 0.2) is 0 Å². The van der Waals surface area contributed by atoms with Gasteiger partial charge in [-0.1, -0.05) is 6.07 Å². The van der Waals surface area contributed by atoms with E-state index in [2.05, 4.69) is 9.97 Å². The van der Waals surface area contributed by atoms with Gasteiger partial charge in [-0.05, 0) is 19.1 Å². The lowest BCUT2D eigenvalue weighted by Crippen LogP contribution is -2.05. The molecule has 0 bridgehead atoms. The predicted molar refractivity (Wildman–Crippen MR) is 57.2 cm³/mol. The standard InChI is InChI=1S/C12H9F3N2/c1-8-11(3-2-4-17-8)9-5-10(7-16-6-9)12(13,14)15/h2-7H,1H3. The first-order chi connectivity index (χ1) is 7.98. The van der Waals surface area contributed by atoms with E-state index in [9.17, 15) is 13.2 Å². The van der Waals surface area contributed by atoms with Gasteiger partial charge in [0.25, 0.3) is 0 Å². The zero-order valence-corrected chi connectivity index (χ0v) is 8.99. The molecular weight excluding hydrogens is 229 g/mol. The highest BCUT2D eigenvalue weighted by molar-refractivity contribution is 5.65. The summed E-state index contributed by atoms with van der Waals surface area (Å²) in [4.78, 5) is 7.66. The zero-order chi connectivity index (χ0) is 12.5. The van der Waals surface area contributed by atoms with Gasteiger partial charge in [0.2, 0.25) is 0 Å². The number of pyridine rings is 2. The molecular formula is C12H9F3N2. The molecule has 0 radical (unpaired) electrons. The van der Waals surface area contributed by atoms with E-state index < -0.39 is 11.7 Å². The van der Waals surface area contributed by atoms with Crippen molar-refractivity contribution in [3.8, 4) is 11.1 Å². The zero-order valence-electron chi connectivity index (χ0n) is 8.99. The van der Waals surface area contributed by atoms with Gasteiger partial charge in [-0.2, -0.15) is 13.2 Å². The first-order valence-corrected chi connectivity index (χ1v) is 4.93. The smallest absolute Gasteiger partial charge is 0.263 e. The van der Waals surface area contributed by atoms with E-state index in [4.69, 9.17) is 0 Å². The number of aromatic nitrogens is 2. The molecule has 2 heterocycles. The van der Waals surface area contributed by atoms with Crippen LogP contribution in [-0.2, 0) is 6.18 Å². The largest absolute Gasteiger partial charge is 0.417 e. The van der Waals surface area contributed by atoms with Crippen molar-refractivity contribution in [2.45, 2.75) is 13.1 Å². The van der Waals surface area contributed by atoms with Crippen LogP contribution in [0, 0.1) is 6.92 Å². The van der Waals surface area contributed by atoms with Crippen molar-refractivity contribution in [2.75, 3.05) is 0 Å². The Kier molecular flexibility index (Phi) is 2.83. The summed E-state index contributed by atoms with van der Waals surface area (Å²) in [5.41, 5.74) is 1.00. The first-order valence-electron chi connectivity index (χ1n) is 4.93. The average molecular weight is 238 g/mol. The minimum atomic E-state index is -4.38. The summed E-state index contributed by atoms with van der Waals surface area (Å²) in [5, 5.41) is 0. The van der Waals surface area contributed by atoms with Gasteiger partial charge >= 0.3 is 6.18 Å². The molecule has 0 saturated heterocycles. The Balaban J connectivity index is 2.51. The molecule has 0 aromatic carbocycles. The van der Waals surface area contributed by atoms with Crippen molar-refractivity contribution in [3.05, 3.63) is 48.0 Å². The Bertz CT molecular complexity index is 535. The minimum Gasteiger partial charge on any atom is -0.263 e. The maximum Gasteiger partial charge on any atom is 0.417 e. The summed E-state index contributed by atoms with van der Waals surface area (Å²) in [5.74, 6) is 0. The highest BCUT2D eigenvalue weighted by atomic mass is 19.4. The van der Waals surface area contributed by atoms with Crippen LogP contribution in [0.4, 0.5) is 13.2 Å². The molecule has 0 aliphatic rings. The van der Waals surface area contributed by atoms with Gasteiger partial charge in [0.05, 0.1) is 5.56 Å². The van der Waals surface area contributed by atoms with Crippen molar-refractivity contribution in [1.82, 2.24) is 9.97 Å². The van der Waals surface area contributed by atoms with Crippen LogP contribution in [-0.4, -0.2) is 9.97 Å². The molecule has 0 aliphatic carbocycles. The molecule has 0 unspecified atom stereocenters. The molecule has 5 heteroatoms. The van der Waals surface area contributed by atoms with E-state index in [0.717, 1.165) is 12.3 Å². The molecule has 2 aromatic rings. The number of halogens is 3. The summed E-state index contributed by atoms with van der Waals surface area (Å²) in [6.07, 6.45) is -0.562. The molecule has 0 fully saturated rings. The van der Waals surface area contributed by atoms with Crippen molar-refractivity contribution in [1.29, 1.82) is 0 Å². The second kappa shape index (κ2) is 4.16. The number of alkyl halides is 3. The molecule has 2 nitrogen and oxygen atoms in total. The summed E-state index contributed by atoms with van der Waals surface area (Å²) in [6, 6.07) is 4.49. The van der Waals surface area contributed by atoms with Crippen LogP contribution in [0.1, 0.15) is 11.3 Å². The quantitative estimate of drug-likeness (QED) is 0.760. The lowest BCUT2D eigenvalue weighted by Gasteiger charge is -2.09. The fourth-order valence-corrected chi connectivity index (χ4v) is 1.53. The van der Waals surface area contributed by atoms with Gasteiger partial charge in [0.1, 0.15) is 0 Å². The molecule has 0 amide bonds. The number of hydrogen-bond acceptors (Lipinski definition) is 2. The Morgan fingerprint density at radius 1 is 1.18 bits per heavy atom. The van der Waals surface area contributed by atoms with Gasteiger partial charge in [0, 0.05) is 35.4 Å². The number of nitrogens with zero attached hydrogens (tertiary/aromatic N) is 2. The van der Waals surface area contributed by atoms with E-state index in [-0.39, 0.29) is 0 Å². The Hall–Kier alpha value is -1.91. The fourth-order valence-electron chi connectivity index (χ4n) is 1.53. The summed E-state index contributed by atoms with van der Waals surface area (Å²) in [7, 11) is 0. The Morgan fingerprint density at radius 3 is 2.59 bits per heavy atom. The summed E-state index contributed by atoms with van der Waals surface area (Å²) >= 11 is 0. The highest BCUT2D eigenvalue weighted by Crippen LogP contribution is 2.31. The number of aryl methyl sites for hydroxylation is 1. The van der Waals surface area contributed by atoms with E-state index in [0.29, 0.717) is 16.8 Å². The average Bonchev–Trinajstić information content (AvgIpc) is 2.29. The molecule has 88 valence electrons. The van der Waals surface area contributed by atoms with E-state index in [1.54, 1.807) is 25.3 Å². The van der Waals surface area contributed by atoms with Gasteiger partial charge < -0.3 is 0 Å². The SMILES string of the molecule is Cc1ncccc1-c1cncc(C(F)(F)F)c1. The third-order valence-electron chi connectivity index (χ3n) is 2.38. The molecule has 2 aromatic heterocycles. The molecule has 17 heavy (non-hydrogen) atoms. The normalized spacial score (nSPS) is 11.5. The maximum atomic E-state index is 12.5. The highest BCUT2D eigenvalue weighted by Gasteiger charge is 2.31.